The number of imidazole rings is 1. The van der Waals surface area contributed by atoms with Gasteiger partial charge in [-0.25, -0.2) is 13.4 Å². The summed E-state index contributed by atoms with van der Waals surface area (Å²) in [6, 6.07) is 14.0. The number of nitrogens with one attached hydrogen (secondary N) is 2. The number of sulfone groups is 1. The van der Waals surface area contributed by atoms with Gasteiger partial charge in [-0.15, -0.1) is 0 Å². The lowest BCUT2D eigenvalue weighted by Crippen LogP contribution is -2.63. The molecule has 0 aliphatic rings. The number of carbonyl (C=O) groups is 3. The SMILES string of the molecule is CC(C)C[C@H](NC(=O)Cc1cnc[nH]1)C(=O)CC(=O)C(N)(N)S(=O)(=O)c1cccc(-c2ccccc2)c1. The molecular formula is C26H31N5O5S. The van der Waals surface area contributed by atoms with Gasteiger partial charge in [-0.05, 0) is 35.6 Å². The quantitative estimate of drug-likeness (QED) is 0.204. The molecule has 11 heteroatoms. The standard InChI is InChI=1S/C26H31N5O5S/c1-17(2)11-22(31-25(34)13-20-15-29-16-30-20)23(32)14-24(33)26(27,28)37(35,36)21-10-6-9-19(12-21)18-7-4-3-5-8-18/h3-10,12,15-17,22H,11,13-14,27-28H2,1-2H3,(H,29,30)(H,31,34)/t22-/m0/s1. The third-order valence-electron chi connectivity index (χ3n) is 5.80. The van der Waals surface area contributed by atoms with Crippen molar-refractivity contribution in [2.75, 3.05) is 0 Å². The molecule has 0 unspecified atom stereocenters. The second kappa shape index (κ2) is 11.6. The molecule has 0 bridgehead atoms. The predicted octanol–water partition coefficient (Wildman–Crippen LogP) is 1.72. The van der Waals surface area contributed by atoms with Gasteiger partial charge in [0.2, 0.25) is 20.7 Å². The first-order chi connectivity index (χ1) is 17.4. The number of rotatable bonds is 12. The summed E-state index contributed by atoms with van der Waals surface area (Å²) in [5.41, 5.74) is 13.7. The number of Topliss-reactive ketones (excluding diaryl/α,β-unsaturated/α-hetero) is 2. The molecule has 196 valence electrons. The predicted molar refractivity (Wildman–Crippen MR) is 138 cm³/mol. The number of ketones is 2. The summed E-state index contributed by atoms with van der Waals surface area (Å²) in [5, 5.41) is 2.62. The number of hydrogen-bond donors (Lipinski definition) is 4. The van der Waals surface area contributed by atoms with Crippen LogP contribution in [0.3, 0.4) is 0 Å². The Bertz CT molecular complexity index is 1350. The third kappa shape index (κ3) is 6.76. The molecule has 10 nitrogen and oxygen atoms in total. The fraction of sp³-hybridized carbons (Fsp3) is 0.308. The largest absolute Gasteiger partial charge is 0.348 e. The summed E-state index contributed by atoms with van der Waals surface area (Å²) in [5.74, 6) is -2.29. The summed E-state index contributed by atoms with van der Waals surface area (Å²) in [4.78, 5) is 42.0. The van der Waals surface area contributed by atoms with Crippen molar-refractivity contribution in [1.82, 2.24) is 15.3 Å². The lowest BCUT2D eigenvalue weighted by Gasteiger charge is -2.25. The van der Waals surface area contributed by atoms with E-state index in [4.69, 9.17) is 11.5 Å². The van der Waals surface area contributed by atoms with E-state index in [0.717, 1.165) is 5.56 Å². The Morgan fingerprint density at radius 1 is 1.03 bits per heavy atom. The van der Waals surface area contributed by atoms with Crippen molar-refractivity contribution >= 4 is 27.3 Å². The highest BCUT2D eigenvalue weighted by molar-refractivity contribution is 7.93. The van der Waals surface area contributed by atoms with E-state index < -0.39 is 44.8 Å². The fourth-order valence-electron chi connectivity index (χ4n) is 3.78. The van der Waals surface area contributed by atoms with Gasteiger partial charge >= 0.3 is 0 Å². The van der Waals surface area contributed by atoms with Gasteiger partial charge in [0.15, 0.2) is 11.6 Å². The monoisotopic (exact) mass is 525 g/mol. The van der Waals surface area contributed by atoms with Crippen molar-refractivity contribution in [2.45, 2.75) is 49.0 Å². The van der Waals surface area contributed by atoms with Gasteiger partial charge in [0, 0.05) is 11.9 Å². The van der Waals surface area contributed by atoms with Crippen molar-refractivity contribution < 1.29 is 22.8 Å². The number of hydrogen-bond acceptors (Lipinski definition) is 8. The molecule has 2 aromatic carbocycles. The number of benzene rings is 2. The van der Waals surface area contributed by atoms with Crippen LogP contribution in [-0.2, 0) is 30.6 Å². The maximum atomic E-state index is 13.3. The van der Waals surface area contributed by atoms with E-state index >= 15 is 0 Å². The highest BCUT2D eigenvalue weighted by Gasteiger charge is 2.45. The number of H-pyrrole nitrogens is 1. The molecule has 0 saturated carbocycles. The summed E-state index contributed by atoms with van der Waals surface area (Å²) in [7, 11) is -4.56. The Morgan fingerprint density at radius 3 is 2.32 bits per heavy atom. The lowest BCUT2D eigenvalue weighted by atomic mass is 9.96. The van der Waals surface area contributed by atoms with E-state index in [1.807, 2.05) is 44.2 Å². The first-order valence-corrected chi connectivity index (χ1v) is 13.2. The second-order valence-electron chi connectivity index (χ2n) is 9.26. The third-order valence-corrected chi connectivity index (χ3v) is 7.80. The van der Waals surface area contributed by atoms with E-state index in [1.54, 1.807) is 6.07 Å². The van der Waals surface area contributed by atoms with E-state index in [0.29, 0.717) is 11.3 Å². The van der Waals surface area contributed by atoms with Crippen LogP contribution in [-0.4, -0.2) is 46.9 Å². The maximum absolute atomic E-state index is 13.3. The molecule has 1 atom stereocenters. The van der Waals surface area contributed by atoms with Crippen LogP contribution in [0.15, 0.2) is 72.0 Å². The van der Waals surface area contributed by atoms with Gasteiger partial charge in [0.05, 0.1) is 30.1 Å². The van der Waals surface area contributed by atoms with Gasteiger partial charge in [0.25, 0.3) is 0 Å². The summed E-state index contributed by atoms with van der Waals surface area (Å²) < 4.78 is 26.6. The molecule has 0 saturated heterocycles. The van der Waals surface area contributed by atoms with Crippen molar-refractivity contribution in [1.29, 1.82) is 0 Å². The summed E-state index contributed by atoms with van der Waals surface area (Å²) >= 11 is 0. The average molecular weight is 526 g/mol. The second-order valence-corrected chi connectivity index (χ2v) is 11.4. The highest BCUT2D eigenvalue weighted by Crippen LogP contribution is 2.26. The van der Waals surface area contributed by atoms with Gasteiger partial charge < -0.3 is 10.3 Å². The molecule has 0 spiro atoms. The van der Waals surface area contributed by atoms with Crippen LogP contribution in [0.2, 0.25) is 0 Å². The topological polar surface area (TPSA) is 178 Å². The Morgan fingerprint density at radius 2 is 1.70 bits per heavy atom. The first-order valence-electron chi connectivity index (χ1n) is 11.7. The van der Waals surface area contributed by atoms with Gasteiger partial charge in [-0.3, -0.25) is 25.9 Å². The molecule has 0 radical (unpaired) electrons. The zero-order chi connectivity index (χ0) is 27.2. The molecule has 0 fully saturated rings. The van der Waals surface area contributed by atoms with E-state index in [2.05, 4.69) is 15.3 Å². The average Bonchev–Trinajstić information content (AvgIpc) is 3.36. The van der Waals surface area contributed by atoms with Crippen LogP contribution in [0.4, 0.5) is 0 Å². The minimum absolute atomic E-state index is 0.00137. The van der Waals surface area contributed by atoms with Crippen molar-refractivity contribution in [3.63, 3.8) is 0 Å². The van der Waals surface area contributed by atoms with Gasteiger partial charge in [-0.2, -0.15) is 0 Å². The van der Waals surface area contributed by atoms with Crippen LogP contribution in [0, 0.1) is 5.92 Å². The number of nitrogens with zero attached hydrogens (tertiary/aromatic N) is 1. The summed E-state index contributed by atoms with van der Waals surface area (Å²) in [6.07, 6.45) is 2.26. The van der Waals surface area contributed by atoms with Gasteiger partial charge in [0.1, 0.15) is 0 Å². The first kappa shape index (κ1) is 27.9. The van der Waals surface area contributed by atoms with Crippen LogP contribution in [0.25, 0.3) is 11.1 Å². The zero-order valence-electron chi connectivity index (χ0n) is 20.7. The Labute approximate surface area is 215 Å². The molecule has 3 rings (SSSR count). The minimum atomic E-state index is -4.56. The number of carbonyl (C=O) groups excluding carboxylic acids is 3. The molecule has 1 amide bonds. The Hall–Kier alpha value is -3.67. The minimum Gasteiger partial charge on any atom is -0.348 e. The fourth-order valence-corrected chi connectivity index (χ4v) is 5.08. The normalized spacial score (nSPS) is 12.8. The van der Waals surface area contributed by atoms with Crippen molar-refractivity contribution in [2.24, 2.45) is 17.4 Å². The molecule has 37 heavy (non-hydrogen) atoms. The van der Waals surface area contributed by atoms with Crippen LogP contribution < -0.4 is 16.8 Å². The maximum Gasteiger partial charge on any atom is 0.233 e. The van der Waals surface area contributed by atoms with Crippen LogP contribution >= 0.6 is 0 Å². The Kier molecular flexibility index (Phi) is 8.74. The Balaban J connectivity index is 1.77. The van der Waals surface area contributed by atoms with E-state index in [9.17, 15) is 22.8 Å². The summed E-state index contributed by atoms with van der Waals surface area (Å²) in [6.45, 7) is 3.70. The molecule has 1 heterocycles. The molecule has 6 N–H and O–H groups in total. The number of nitrogens with two attached hydrogens (primary N) is 2. The molecule has 0 aliphatic heterocycles. The van der Waals surface area contributed by atoms with E-state index in [-0.39, 0.29) is 23.7 Å². The van der Waals surface area contributed by atoms with Gasteiger partial charge in [-0.1, -0.05) is 56.3 Å². The number of aromatic amines is 1. The van der Waals surface area contributed by atoms with Crippen molar-refractivity contribution in [3.05, 3.63) is 72.8 Å². The molecule has 3 aromatic rings. The van der Waals surface area contributed by atoms with Crippen LogP contribution in [0.1, 0.15) is 32.4 Å². The van der Waals surface area contributed by atoms with Crippen molar-refractivity contribution in [3.8, 4) is 11.1 Å². The molecule has 0 aliphatic carbocycles. The van der Waals surface area contributed by atoms with Crippen LogP contribution in [0.5, 0.6) is 0 Å². The lowest BCUT2D eigenvalue weighted by molar-refractivity contribution is -0.132. The molecular weight excluding hydrogens is 494 g/mol. The number of amides is 1. The zero-order valence-corrected chi connectivity index (χ0v) is 21.5. The number of aromatic nitrogens is 2. The highest BCUT2D eigenvalue weighted by atomic mass is 32.2. The molecule has 1 aromatic heterocycles. The van der Waals surface area contributed by atoms with E-state index in [1.165, 1.54) is 30.7 Å². The smallest absolute Gasteiger partial charge is 0.233 e.